The first-order chi connectivity index (χ1) is 8.19. The summed E-state index contributed by atoms with van der Waals surface area (Å²) >= 11 is 3.49. The molecule has 0 aromatic heterocycles. The molecule has 0 radical (unpaired) electrons. The van der Waals surface area contributed by atoms with Gasteiger partial charge in [-0.3, -0.25) is 0 Å². The van der Waals surface area contributed by atoms with Gasteiger partial charge in [-0.1, -0.05) is 22.9 Å². The zero-order valence-electron chi connectivity index (χ0n) is 10.6. The topological polar surface area (TPSA) is 30.5 Å². The largest absolute Gasteiger partial charge is 0.467 e. The van der Waals surface area contributed by atoms with Crippen LogP contribution in [0.15, 0.2) is 22.7 Å². The summed E-state index contributed by atoms with van der Waals surface area (Å²) in [6.45, 7) is 5.56. The number of benzene rings is 1. The molecule has 96 valence electrons. The molecule has 0 saturated carbocycles. The molecule has 0 bridgehead atoms. The van der Waals surface area contributed by atoms with E-state index in [4.69, 9.17) is 9.47 Å². The molecule has 1 atom stereocenters. The normalized spacial score (nSPS) is 12.5. The third-order valence-corrected chi connectivity index (χ3v) is 2.96. The lowest BCUT2D eigenvalue weighted by Crippen LogP contribution is -2.20. The minimum Gasteiger partial charge on any atom is -0.467 e. The molecule has 3 nitrogen and oxygen atoms in total. The van der Waals surface area contributed by atoms with Crippen LogP contribution in [0.1, 0.15) is 31.9 Å². The maximum Gasteiger partial charge on any atom is 0.188 e. The van der Waals surface area contributed by atoms with Crippen molar-refractivity contribution in [2.24, 2.45) is 0 Å². The summed E-state index contributed by atoms with van der Waals surface area (Å²) in [6, 6.07) is 6.28. The first-order valence-corrected chi connectivity index (χ1v) is 6.63. The zero-order valence-corrected chi connectivity index (χ0v) is 12.2. The summed E-state index contributed by atoms with van der Waals surface area (Å²) in [4.78, 5) is 0. The molecule has 17 heavy (non-hydrogen) atoms. The van der Waals surface area contributed by atoms with E-state index in [1.807, 2.05) is 12.1 Å². The molecule has 0 heterocycles. The Morgan fingerprint density at radius 2 is 2.18 bits per heavy atom. The van der Waals surface area contributed by atoms with Crippen LogP contribution in [0.4, 0.5) is 0 Å². The Kier molecular flexibility index (Phi) is 6.55. The van der Waals surface area contributed by atoms with E-state index in [1.165, 1.54) is 0 Å². The van der Waals surface area contributed by atoms with Gasteiger partial charge in [-0.05, 0) is 38.1 Å². The SMILES string of the molecule is CCCNC(C)c1cc(Br)ccc1OCOC. The van der Waals surface area contributed by atoms with Gasteiger partial charge in [0.1, 0.15) is 5.75 Å². The van der Waals surface area contributed by atoms with Crippen molar-refractivity contribution in [3.63, 3.8) is 0 Å². The van der Waals surface area contributed by atoms with Crippen LogP contribution in [-0.4, -0.2) is 20.4 Å². The lowest BCUT2D eigenvalue weighted by molar-refractivity contribution is 0.0501. The van der Waals surface area contributed by atoms with Gasteiger partial charge in [0, 0.05) is 23.2 Å². The van der Waals surface area contributed by atoms with Gasteiger partial charge in [0.05, 0.1) is 0 Å². The van der Waals surface area contributed by atoms with E-state index in [0.29, 0.717) is 0 Å². The van der Waals surface area contributed by atoms with Crippen LogP contribution in [0.3, 0.4) is 0 Å². The number of hydrogen-bond acceptors (Lipinski definition) is 3. The third kappa shape index (κ3) is 4.66. The highest BCUT2D eigenvalue weighted by Gasteiger charge is 2.11. The van der Waals surface area contributed by atoms with Crippen LogP contribution >= 0.6 is 15.9 Å². The summed E-state index contributed by atoms with van der Waals surface area (Å²) in [5.41, 5.74) is 1.14. The smallest absolute Gasteiger partial charge is 0.188 e. The van der Waals surface area contributed by atoms with E-state index in [0.717, 1.165) is 28.8 Å². The lowest BCUT2D eigenvalue weighted by Gasteiger charge is -2.18. The first-order valence-electron chi connectivity index (χ1n) is 5.83. The van der Waals surface area contributed by atoms with Gasteiger partial charge >= 0.3 is 0 Å². The van der Waals surface area contributed by atoms with E-state index in [9.17, 15) is 0 Å². The predicted molar refractivity (Wildman–Crippen MR) is 73.4 cm³/mol. The quantitative estimate of drug-likeness (QED) is 0.782. The van der Waals surface area contributed by atoms with Crippen LogP contribution in [0.25, 0.3) is 0 Å². The van der Waals surface area contributed by atoms with Gasteiger partial charge in [-0.2, -0.15) is 0 Å². The van der Waals surface area contributed by atoms with Crippen molar-refractivity contribution in [2.45, 2.75) is 26.3 Å². The van der Waals surface area contributed by atoms with Crippen LogP contribution in [0, 0.1) is 0 Å². The first kappa shape index (κ1) is 14.5. The van der Waals surface area contributed by atoms with E-state index in [1.54, 1.807) is 7.11 Å². The van der Waals surface area contributed by atoms with E-state index < -0.39 is 0 Å². The van der Waals surface area contributed by atoms with Crippen molar-refractivity contribution in [1.29, 1.82) is 0 Å². The Balaban J connectivity index is 2.81. The fourth-order valence-electron chi connectivity index (χ4n) is 1.58. The van der Waals surface area contributed by atoms with E-state index in [-0.39, 0.29) is 12.8 Å². The van der Waals surface area contributed by atoms with Crippen LogP contribution in [-0.2, 0) is 4.74 Å². The second kappa shape index (κ2) is 7.69. The van der Waals surface area contributed by atoms with Crippen molar-refractivity contribution >= 4 is 15.9 Å². The average Bonchev–Trinajstić information content (AvgIpc) is 2.34. The number of ether oxygens (including phenoxy) is 2. The number of nitrogens with one attached hydrogen (secondary N) is 1. The molecule has 1 rings (SSSR count). The van der Waals surface area contributed by atoms with Crippen LogP contribution in [0.5, 0.6) is 5.75 Å². The van der Waals surface area contributed by atoms with Gasteiger partial charge in [0.2, 0.25) is 0 Å². The molecule has 0 saturated heterocycles. The van der Waals surface area contributed by atoms with Crippen molar-refractivity contribution in [1.82, 2.24) is 5.32 Å². The highest BCUT2D eigenvalue weighted by Crippen LogP contribution is 2.28. The number of methoxy groups -OCH3 is 1. The summed E-state index contributed by atoms with van der Waals surface area (Å²) in [6.07, 6.45) is 1.12. The fraction of sp³-hybridized carbons (Fsp3) is 0.538. The van der Waals surface area contributed by atoms with Crippen molar-refractivity contribution < 1.29 is 9.47 Å². The summed E-state index contributed by atoms with van der Waals surface area (Å²) < 4.78 is 11.6. The Bertz CT molecular complexity index is 344. The van der Waals surface area contributed by atoms with Gasteiger partial charge in [-0.25, -0.2) is 0 Å². The monoisotopic (exact) mass is 301 g/mol. The molecule has 0 aliphatic heterocycles. The molecule has 0 fully saturated rings. The van der Waals surface area contributed by atoms with Gasteiger partial charge < -0.3 is 14.8 Å². The average molecular weight is 302 g/mol. The van der Waals surface area contributed by atoms with E-state index >= 15 is 0 Å². The number of hydrogen-bond donors (Lipinski definition) is 1. The molecular weight excluding hydrogens is 282 g/mol. The Hall–Kier alpha value is -0.580. The summed E-state index contributed by atoms with van der Waals surface area (Å²) in [5.74, 6) is 0.867. The molecule has 1 aromatic rings. The molecule has 0 aliphatic rings. The number of rotatable bonds is 7. The van der Waals surface area contributed by atoms with Gasteiger partial charge in [0.25, 0.3) is 0 Å². The summed E-state index contributed by atoms with van der Waals surface area (Å²) in [5, 5.41) is 3.45. The Morgan fingerprint density at radius 3 is 2.82 bits per heavy atom. The molecule has 0 spiro atoms. The number of halogens is 1. The fourth-order valence-corrected chi connectivity index (χ4v) is 1.96. The molecule has 4 heteroatoms. The second-order valence-electron chi connectivity index (χ2n) is 3.91. The van der Waals surface area contributed by atoms with E-state index in [2.05, 4.69) is 41.2 Å². The third-order valence-electron chi connectivity index (χ3n) is 2.47. The summed E-state index contributed by atoms with van der Waals surface area (Å²) in [7, 11) is 1.62. The zero-order chi connectivity index (χ0) is 12.7. The van der Waals surface area contributed by atoms with Gasteiger partial charge in [-0.15, -0.1) is 0 Å². The predicted octanol–water partition coefficient (Wildman–Crippen LogP) is 3.49. The maximum absolute atomic E-state index is 5.56. The van der Waals surface area contributed by atoms with Crippen molar-refractivity contribution in [3.8, 4) is 5.75 Å². The van der Waals surface area contributed by atoms with Crippen LogP contribution < -0.4 is 10.1 Å². The Morgan fingerprint density at radius 1 is 1.41 bits per heavy atom. The highest BCUT2D eigenvalue weighted by atomic mass is 79.9. The van der Waals surface area contributed by atoms with Crippen LogP contribution in [0.2, 0.25) is 0 Å². The molecular formula is C13H20BrNO2. The maximum atomic E-state index is 5.56. The Labute approximate surface area is 112 Å². The van der Waals surface area contributed by atoms with Crippen molar-refractivity contribution in [3.05, 3.63) is 28.2 Å². The molecule has 1 unspecified atom stereocenters. The minimum absolute atomic E-state index is 0.263. The minimum atomic E-state index is 0.263. The highest BCUT2D eigenvalue weighted by molar-refractivity contribution is 9.10. The molecule has 1 N–H and O–H groups in total. The molecule has 0 amide bonds. The van der Waals surface area contributed by atoms with Crippen molar-refractivity contribution in [2.75, 3.05) is 20.4 Å². The van der Waals surface area contributed by atoms with Gasteiger partial charge in [0.15, 0.2) is 6.79 Å². The standard InChI is InChI=1S/C13H20BrNO2/c1-4-7-15-10(2)12-8-11(14)5-6-13(12)17-9-16-3/h5-6,8,10,15H,4,7,9H2,1-3H3. The molecule has 0 aliphatic carbocycles. The lowest BCUT2D eigenvalue weighted by atomic mass is 10.1. The molecule has 1 aromatic carbocycles. The second-order valence-corrected chi connectivity index (χ2v) is 4.82.